The first-order valence-corrected chi connectivity index (χ1v) is 8.95. The second-order valence-electron chi connectivity index (χ2n) is 5.71. The van der Waals surface area contributed by atoms with E-state index in [9.17, 15) is 4.79 Å². The number of rotatable bonds is 3. The molecule has 0 atom stereocenters. The van der Waals surface area contributed by atoms with E-state index in [-0.39, 0.29) is 21.6 Å². The number of esters is 1. The Morgan fingerprint density at radius 2 is 2.15 bits per heavy atom. The number of hydrogen-bond donors (Lipinski definition) is 2. The van der Waals surface area contributed by atoms with E-state index >= 15 is 0 Å². The fourth-order valence-corrected chi connectivity index (χ4v) is 3.29. The summed E-state index contributed by atoms with van der Waals surface area (Å²) in [6.45, 7) is 1.78. The van der Waals surface area contributed by atoms with E-state index < -0.39 is 5.97 Å². The maximum atomic E-state index is 12.6. The van der Waals surface area contributed by atoms with Crippen LogP contribution in [0, 0.1) is 6.92 Å². The smallest absolute Gasteiger partial charge is 0.379 e. The van der Waals surface area contributed by atoms with Crippen LogP contribution in [0.2, 0.25) is 10.0 Å². The Labute approximate surface area is 165 Å². The molecular weight excluding hydrogens is 397 g/mol. The van der Waals surface area contributed by atoms with Gasteiger partial charge in [-0.15, -0.1) is 0 Å². The summed E-state index contributed by atoms with van der Waals surface area (Å²) in [4.78, 5) is 12.6. The van der Waals surface area contributed by atoms with Crippen LogP contribution in [0.5, 0.6) is 5.75 Å². The number of carbonyl (C=O) groups is 1. The Bertz CT molecular complexity index is 924. The average Bonchev–Trinajstić information content (AvgIpc) is 2.93. The lowest BCUT2D eigenvalue weighted by atomic mass is 9.93. The van der Waals surface area contributed by atoms with E-state index in [2.05, 4.69) is 10.5 Å². The van der Waals surface area contributed by atoms with Crippen LogP contribution in [0.25, 0.3) is 0 Å². The van der Waals surface area contributed by atoms with Crippen molar-refractivity contribution in [1.29, 1.82) is 0 Å². The van der Waals surface area contributed by atoms with E-state index in [0.29, 0.717) is 22.8 Å². The van der Waals surface area contributed by atoms with Crippen LogP contribution in [-0.2, 0) is 6.42 Å². The Balaban J connectivity index is 1.91. The van der Waals surface area contributed by atoms with Crippen molar-refractivity contribution in [2.75, 3.05) is 0 Å². The summed E-state index contributed by atoms with van der Waals surface area (Å²) < 4.78 is 11.1. The monoisotopic (exact) mass is 411 g/mol. The molecule has 26 heavy (non-hydrogen) atoms. The summed E-state index contributed by atoms with van der Waals surface area (Å²) >= 11 is 16.7. The maximum absolute atomic E-state index is 12.6. The number of nitrogens with two attached hydrogens (primary N) is 1. The highest BCUT2D eigenvalue weighted by molar-refractivity contribution is 7.80. The van der Waals surface area contributed by atoms with Crippen LogP contribution in [0.15, 0.2) is 27.7 Å². The van der Waals surface area contributed by atoms with Crippen LogP contribution < -0.4 is 15.9 Å². The van der Waals surface area contributed by atoms with Gasteiger partial charge >= 0.3 is 5.97 Å². The fourth-order valence-electron chi connectivity index (χ4n) is 2.80. The highest BCUT2D eigenvalue weighted by Gasteiger charge is 2.29. The third kappa shape index (κ3) is 3.85. The number of nitrogens with zero attached hydrogens (tertiary/aromatic N) is 1. The van der Waals surface area contributed by atoms with Gasteiger partial charge in [0.25, 0.3) is 0 Å². The number of ether oxygens (including phenoxy) is 1. The summed E-state index contributed by atoms with van der Waals surface area (Å²) in [5.41, 5.74) is 10.2. The third-order valence-corrected chi connectivity index (χ3v) is 4.53. The molecule has 0 spiro atoms. The number of halogens is 2. The van der Waals surface area contributed by atoms with Crippen LogP contribution in [0.3, 0.4) is 0 Å². The van der Waals surface area contributed by atoms with Crippen LogP contribution in [0.1, 0.15) is 40.3 Å². The fraction of sp³-hybridized carbons (Fsp3) is 0.235. The van der Waals surface area contributed by atoms with Gasteiger partial charge in [0.2, 0.25) is 5.76 Å². The first-order valence-electron chi connectivity index (χ1n) is 7.78. The number of hydrogen-bond acceptors (Lipinski definition) is 5. The quantitative estimate of drug-likeness (QED) is 0.343. The van der Waals surface area contributed by atoms with Crippen LogP contribution in [-0.4, -0.2) is 16.8 Å². The lowest BCUT2D eigenvalue weighted by Crippen LogP contribution is -2.26. The molecule has 1 aliphatic rings. The molecule has 3 rings (SSSR count). The van der Waals surface area contributed by atoms with E-state index in [1.165, 1.54) is 12.1 Å². The molecule has 1 aliphatic carbocycles. The molecular formula is C17H15Cl2N3O3S. The predicted molar refractivity (Wildman–Crippen MR) is 104 cm³/mol. The third-order valence-electron chi connectivity index (χ3n) is 3.91. The SMILES string of the molecule is Cc1c(C(=O)Oc2ccc(Cl)cc2Cl)oc2c1/C(=N/NC(N)=S)CCC2. The topological polar surface area (TPSA) is 89.8 Å². The molecule has 0 aliphatic heterocycles. The van der Waals surface area contributed by atoms with Crippen molar-refractivity contribution in [1.82, 2.24) is 5.43 Å². The van der Waals surface area contributed by atoms with E-state index in [1.807, 2.05) is 0 Å². The van der Waals surface area contributed by atoms with Gasteiger partial charge in [0.05, 0.1) is 10.7 Å². The number of aryl methyl sites for hydroxylation is 1. The number of furan rings is 1. The Kier molecular flexibility index (Phi) is 5.50. The van der Waals surface area contributed by atoms with Crippen LogP contribution in [0.4, 0.5) is 0 Å². The molecule has 0 saturated carbocycles. The predicted octanol–water partition coefficient (Wildman–Crippen LogP) is 3.99. The lowest BCUT2D eigenvalue weighted by Gasteiger charge is -2.13. The second-order valence-corrected chi connectivity index (χ2v) is 6.99. The molecule has 0 unspecified atom stereocenters. The van der Waals surface area contributed by atoms with Gasteiger partial charge in [0, 0.05) is 22.6 Å². The van der Waals surface area contributed by atoms with Crippen molar-refractivity contribution >= 4 is 52.2 Å². The van der Waals surface area contributed by atoms with Gasteiger partial charge in [-0.3, -0.25) is 5.43 Å². The van der Waals surface area contributed by atoms with Gasteiger partial charge < -0.3 is 14.9 Å². The number of benzene rings is 1. The van der Waals surface area contributed by atoms with Crippen molar-refractivity contribution < 1.29 is 13.9 Å². The molecule has 2 aromatic rings. The van der Waals surface area contributed by atoms with Crippen molar-refractivity contribution in [2.45, 2.75) is 26.2 Å². The number of nitrogens with one attached hydrogen (secondary N) is 1. The molecule has 6 nitrogen and oxygen atoms in total. The highest BCUT2D eigenvalue weighted by atomic mass is 35.5. The standard InChI is InChI=1S/C17H15Cl2N3O3S/c1-8-14-11(21-22-17(20)26)3-2-4-13(14)24-15(8)16(23)25-12-6-5-9(18)7-10(12)19/h5-7H,2-4H2,1H3,(H3,20,22,26)/b21-11+. The van der Waals surface area contributed by atoms with Crippen molar-refractivity contribution in [2.24, 2.45) is 10.8 Å². The number of hydrazone groups is 1. The molecule has 0 fully saturated rings. The Morgan fingerprint density at radius 1 is 1.38 bits per heavy atom. The molecule has 1 aromatic carbocycles. The number of carbonyl (C=O) groups excluding carboxylic acids is 1. The number of fused-ring (bicyclic) bond motifs is 1. The van der Waals surface area contributed by atoms with Gasteiger partial charge in [-0.25, -0.2) is 4.79 Å². The van der Waals surface area contributed by atoms with Gasteiger partial charge in [-0.1, -0.05) is 23.2 Å². The van der Waals surface area contributed by atoms with Crippen LogP contribution >= 0.6 is 35.4 Å². The largest absolute Gasteiger partial charge is 0.453 e. The molecule has 0 amide bonds. The van der Waals surface area contributed by atoms with E-state index in [0.717, 1.165) is 24.1 Å². The minimum absolute atomic E-state index is 0.0720. The molecule has 0 saturated heterocycles. The van der Waals surface area contributed by atoms with Crippen molar-refractivity contribution in [3.05, 3.63) is 50.9 Å². The molecule has 3 N–H and O–H groups in total. The first kappa shape index (κ1) is 18.7. The van der Waals surface area contributed by atoms with Gasteiger partial charge in [-0.2, -0.15) is 5.10 Å². The van der Waals surface area contributed by atoms with E-state index in [1.54, 1.807) is 13.0 Å². The Morgan fingerprint density at radius 3 is 2.85 bits per heavy atom. The zero-order valence-electron chi connectivity index (χ0n) is 13.8. The minimum atomic E-state index is -0.636. The first-order chi connectivity index (χ1) is 12.4. The maximum Gasteiger partial charge on any atom is 0.379 e. The highest BCUT2D eigenvalue weighted by Crippen LogP contribution is 2.32. The summed E-state index contributed by atoms with van der Waals surface area (Å²) in [6.07, 6.45) is 2.27. The van der Waals surface area contributed by atoms with E-state index in [4.69, 9.17) is 50.3 Å². The van der Waals surface area contributed by atoms with Gasteiger partial charge in [0.15, 0.2) is 5.11 Å². The zero-order valence-corrected chi connectivity index (χ0v) is 16.1. The average molecular weight is 412 g/mol. The summed E-state index contributed by atoms with van der Waals surface area (Å²) in [6, 6.07) is 4.61. The molecule has 0 bridgehead atoms. The Hall–Kier alpha value is -2.09. The van der Waals surface area contributed by atoms with Crippen molar-refractivity contribution in [3.8, 4) is 5.75 Å². The molecule has 1 aromatic heterocycles. The lowest BCUT2D eigenvalue weighted by molar-refractivity contribution is 0.0698. The van der Waals surface area contributed by atoms with Gasteiger partial charge in [-0.05, 0) is 50.2 Å². The molecule has 1 heterocycles. The van der Waals surface area contributed by atoms with Crippen molar-refractivity contribution in [3.63, 3.8) is 0 Å². The normalized spacial score (nSPS) is 14.8. The number of thiocarbonyl (C=S) groups is 1. The second kappa shape index (κ2) is 7.65. The zero-order chi connectivity index (χ0) is 18.8. The minimum Gasteiger partial charge on any atom is -0.453 e. The molecule has 136 valence electrons. The molecule has 0 radical (unpaired) electrons. The summed E-state index contributed by atoms with van der Waals surface area (Å²) in [7, 11) is 0. The molecule has 9 heteroatoms. The summed E-state index contributed by atoms with van der Waals surface area (Å²) in [5.74, 6) is 0.374. The van der Waals surface area contributed by atoms with Gasteiger partial charge in [0.1, 0.15) is 11.5 Å². The summed E-state index contributed by atoms with van der Waals surface area (Å²) in [5, 5.41) is 4.98.